The molecular weight excluding hydrogens is 284 g/mol. The molecule has 0 atom stereocenters. The molecule has 0 aliphatic rings. The van der Waals surface area contributed by atoms with Gasteiger partial charge in [-0.05, 0) is 42.9 Å². The van der Waals surface area contributed by atoms with Crippen molar-refractivity contribution in [3.05, 3.63) is 23.3 Å². The molecular formula is C16H28N2O2S. The van der Waals surface area contributed by atoms with Crippen molar-refractivity contribution < 1.29 is 8.42 Å². The van der Waals surface area contributed by atoms with E-state index in [1.165, 1.54) is 0 Å². The summed E-state index contributed by atoms with van der Waals surface area (Å²) in [5, 5.41) is 0. The topological polar surface area (TPSA) is 63.4 Å². The zero-order chi connectivity index (χ0) is 16.4. The van der Waals surface area contributed by atoms with Gasteiger partial charge in [-0.2, -0.15) is 4.31 Å². The van der Waals surface area contributed by atoms with E-state index in [9.17, 15) is 8.42 Å². The molecule has 0 bridgehead atoms. The highest BCUT2D eigenvalue weighted by atomic mass is 32.2. The Morgan fingerprint density at radius 1 is 1.05 bits per heavy atom. The van der Waals surface area contributed by atoms with E-state index in [0.717, 1.165) is 11.1 Å². The Bertz CT molecular complexity index is 583. The van der Waals surface area contributed by atoms with Crippen LogP contribution in [0.4, 0.5) is 5.69 Å². The van der Waals surface area contributed by atoms with Crippen molar-refractivity contribution in [2.24, 2.45) is 11.8 Å². The number of rotatable bonds is 6. The quantitative estimate of drug-likeness (QED) is 0.821. The van der Waals surface area contributed by atoms with Crippen molar-refractivity contribution in [1.82, 2.24) is 4.31 Å². The monoisotopic (exact) mass is 312 g/mol. The average molecular weight is 312 g/mol. The van der Waals surface area contributed by atoms with Gasteiger partial charge in [0.25, 0.3) is 0 Å². The maximum absolute atomic E-state index is 13.0. The molecule has 0 saturated carbocycles. The third-order valence-corrected chi connectivity index (χ3v) is 5.48. The van der Waals surface area contributed by atoms with E-state index in [2.05, 4.69) is 0 Å². The molecule has 5 heteroatoms. The van der Waals surface area contributed by atoms with Gasteiger partial charge in [0, 0.05) is 13.1 Å². The molecule has 0 radical (unpaired) electrons. The van der Waals surface area contributed by atoms with Crippen LogP contribution < -0.4 is 5.73 Å². The average Bonchev–Trinajstić information content (AvgIpc) is 2.32. The lowest BCUT2D eigenvalue weighted by atomic mass is 10.1. The summed E-state index contributed by atoms with van der Waals surface area (Å²) in [6, 6.07) is 3.54. The number of sulfonamides is 1. The summed E-state index contributed by atoms with van der Waals surface area (Å²) in [5.74, 6) is 0.537. The molecule has 0 aromatic heterocycles. The Morgan fingerprint density at radius 3 is 1.95 bits per heavy atom. The molecule has 21 heavy (non-hydrogen) atoms. The molecule has 1 aromatic carbocycles. The molecule has 0 saturated heterocycles. The number of benzene rings is 1. The standard InChI is InChI=1S/C16H28N2O2S/c1-11(2)9-18(10-12(3)4)21(19,20)16-14(6)13(5)7-8-15(16)17/h7-8,11-12H,9-10,17H2,1-6H3. The molecule has 1 aromatic rings. The smallest absolute Gasteiger partial charge is 0.245 e. The van der Waals surface area contributed by atoms with Gasteiger partial charge in [-0.1, -0.05) is 33.8 Å². The molecule has 0 spiro atoms. The molecule has 0 aliphatic carbocycles. The summed E-state index contributed by atoms with van der Waals surface area (Å²) in [5.41, 5.74) is 7.98. The van der Waals surface area contributed by atoms with Gasteiger partial charge in [0.05, 0.1) is 5.69 Å². The molecule has 120 valence electrons. The van der Waals surface area contributed by atoms with Crippen LogP contribution in [0.1, 0.15) is 38.8 Å². The van der Waals surface area contributed by atoms with Crippen LogP contribution in [0, 0.1) is 25.7 Å². The maximum atomic E-state index is 13.0. The van der Waals surface area contributed by atoms with Crippen LogP contribution in [0.25, 0.3) is 0 Å². The lowest BCUT2D eigenvalue weighted by Gasteiger charge is -2.27. The predicted molar refractivity (Wildman–Crippen MR) is 88.8 cm³/mol. The molecule has 4 nitrogen and oxygen atoms in total. The van der Waals surface area contributed by atoms with Gasteiger partial charge < -0.3 is 5.73 Å². The first-order chi connectivity index (χ1) is 9.57. The van der Waals surface area contributed by atoms with E-state index < -0.39 is 10.0 Å². The lowest BCUT2D eigenvalue weighted by Crippen LogP contribution is -2.37. The van der Waals surface area contributed by atoms with E-state index in [1.54, 1.807) is 10.4 Å². The highest BCUT2D eigenvalue weighted by Crippen LogP contribution is 2.29. The first-order valence-corrected chi connectivity index (χ1v) is 8.87. The fourth-order valence-electron chi connectivity index (χ4n) is 2.37. The number of aryl methyl sites for hydroxylation is 1. The van der Waals surface area contributed by atoms with Gasteiger partial charge in [0.1, 0.15) is 4.90 Å². The molecule has 2 N–H and O–H groups in total. The molecule has 0 aliphatic heterocycles. The van der Waals surface area contributed by atoms with Gasteiger partial charge in [-0.3, -0.25) is 0 Å². The SMILES string of the molecule is Cc1ccc(N)c(S(=O)(=O)N(CC(C)C)CC(C)C)c1C. The van der Waals surface area contributed by atoms with Crippen LogP contribution in [-0.4, -0.2) is 25.8 Å². The van der Waals surface area contributed by atoms with Crippen LogP contribution in [0.5, 0.6) is 0 Å². The zero-order valence-corrected chi connectivity index (χ0v) is 14.8. The maximum Gasteiger partial charge on any atom is 0.245 e. The van der Waals surface area contributed by atoms with Crippen molar-refractivity contribution in [1.29, 1.82) is 0 Å². The number of anilines is 1. The number of nitrogens with two attached hydrogens (primary N) is 1. The van der Waals surface area contributed by atoms with Crippen molar-refractivity contribution in [3.63, 3.8) is 0 Å². The molecule has 0 amide bonds. The molecule has 0 fully saturated rings. The van der Waals surface area contributed by atoms with Gasteiger partial charge in [-0.25, -0.2) is 8.42 Å². The minimum Gasteiger partial charge on any atom is -0.398 e. The molecule has 1 rings (SSSR count). The zero-order valence-electron chi connectivity index (χ0n) is 14.0. The van der Waals surface area contributed by atoms with Crippen molar-refractivity contribution in [3.8, 4) is 0 Å². The third-order valence-electron chi connectivity index (χ3n) is 3.44. The van der Waals surface area contributed by atoms with Gasteiger partial charge in [0.15, 0.2) is 0 Å². The summed E-state index contributed by atoms with van der Waals surface area (Å²) in [6.07, 6.45) is 0. The third kappa shape index (κ3) is 4.20. The Labute approximate surface area is 129 Å². The fourth-order valence-corrected chi connectivity index (χ4v) is 4.53. The number of nitrogen functional groups attached to an aromatic ring is 1. The molecule has 0 unspecified atom stereocenters. The van der Waals surface area contributed by atoms with Gasteiger partial charge in [0.2, 0.25) is 10.0 Å². The fraction of sp³-hybridized carbons (Fsp3) is 0.625. The summed E-state index contributed by atoms with van der Waals surface area (Å²) in [4.78, 5) is 0.267. The van der Waals surface area contributed by atoms with Crippen molar-refractivity contribution in [2.45, 2.75) is 46.4 Å². The summed E-state index contributed by atoms with van der Waals surface area (Å²) < 4.78 is 27.7. The second-order valence-electron chi connectivity index (χ2n) is 6.54. The second kappa shape index (κ2) is 6.79. The van der Waals surface area contributed by atoms with Crippen LogP contribution >= 0.6 is 0 Å². The highest BCUT2D eigenvalue weighted by Gasteiger charge is 2.29. The normalized spacial score (nSPS) is 12.6. The minimum atomic E-state index is -3.57. The summed E-state index contributed by atoms with van der Waals surface area (Å²) in [7, 11) is -3.57. The second-order valence-corrected chi connectivity index (χ2v) is 8.41. The Kier molecular flexibility index (Phi) is 5.82. The van der Waals surface area contributed by atoms with E-state index >= 15 is 0 Å². The van der Waals surface area contributed by atoms with Gasteiger partial charge >= 0.3 is 0 Å². The van der Waals surface area contributed by atoms with E-state index in [0.29, 0.717) is 18.8 Å². The highest BCUT2D eigenvalue weighted by molar-refractivity contribution is 7.89. The number of nitrogens with zero attached hydrogens (tertiary/aromatic N) is 1. The summed E-state index contributed by atoms with van der Waals surface area (Å²) >= 11 is 0. The van der Waals surface area contributed by atoms with E-state index in [4.69, 9.17) is 5.73 Å². The number of hydrogen-bond donors (Lipinski definition) is 1. The van der Waals surface area contributed by atoms with Crippen LogP contribution in [0.15, 0.2) is 17.0 Å². The Morgan fingerprint density at radius 2 is 1.52 bits per heavy atom. The van der Waals surface area contributed by atoms with Crippen LogP contribution in [0.3, 0.4) is 0 Å². The van der Waals surface area contributed by atoms with Crippen LogP contribution in [0.2, 0.25) is 0 Å². The number of hydrogen-bond acceptors (Lipinski definition) is 3. The first kappa shape index (κ1) is 18.0. The van der Waals surface area contributed by atoms with E-state index in [-0.39, 0.29) is 16.7 Å². The lowest BCUT2D eigenvalue weighted by molar-refractivity contribution is 0.333. The first-order valence-electron chi connectivity index (χ1n) is 7.43. The van der Waals surface area contributed by atoms with Crippen molar-refractivity contribution >= 4 is 15.7 Å². The van der Waals surface area contributed by atoms with Crippen LogP contribution in [-0.2, 0) is 10.0 Å². The Hall–Kier alpha value is -1.07. The largest absolute Gasteiger partial charge is 0.398 e. The predicted octanol–water partition coefficient (Wildman–Crippen LogP) is 3.19. The molecule has 0 heterocycles. The summed E-state index contributed by atoms with van der Waals surface area (Å²) in [6.45, 7) is 12.8. The van der Waals surface area contributed by atoms with E-state index in [1.807, 2.05) is 47.6 Å². The van der Waals surface area contributed by atoms with Crippen molar-refractivity contribution in [2.75, 3.05) is 18.8 Å². The van der Waals surface area contributed by atoms with Gasteiger partial charge in [-0.15, -0.1) is 0 Å². The minimum absolute atomic E-state index is 0.267. The Balaban J connectivity index is 3.38.